The third-order valence-electron chi connectivity index (χ3n) is 3.99. The molecule has 1 aromatic rings. The van der Waals surface area contributed by atoms with Crippen molar-refractivity contribution in [3.8, 4) is 0 Å². The summed E-state index contributed by atoms with van der Waals surface area (Å²) in [5.74, 6) is 0.0133. The number of rotatable bonds is 2. The summed E-state index contributed by atoms with van der Waals surface area (Å²) < 4.78 is 1.79. The van der Waals surface area contributed by atoms with Gasteiger partial charge < -0.3 is 5.32 Å². The van der Waals surface area contributed by atoms with Crippen LogP contribution >= 0.6 is 31.9 Å². The summed E-state index contributed by atoms with van der Waals surface area (Å²) in [6, 6.07) is 5.91. The van der Waals surface area contributed by atoms with Gasteiger partial charge in [-0.1, -0.05) is 42.6 Å². The molecule has 1 aromatic carbocycles. The molecule has 0 heterocycles. The summed E-state index contributed by atoms with van der Waals surface area (Å²) in [6.07, 6.45) is 4.73. The van der Waals surface area contributed by atoms with Gasteiger partial charge in [0, 0.05) is 15.0 Å². The molecular formula is C15H19Br2NO. The third-order valence-corrected chi connectivity index (χ3v) is 5.14. The molecule has 0 aliphatic heterocycles. The van der Waals surface area contributed by atoms with Crippen LogP contribution in [0.5, 0.6) is 0 Å². The second-order valence-electron chi connectivity index (χ2n) is 5.88. The summed E-state index contributed by atoms with van der Waals surface area (Å²) >= 11 is 6.85. The van der Waals surface area contributed by atoms with E-state index in [-0.39, 0.29) is 17.4 Å². The van der Waals surface area contributed by atoms with Crippen LogP contribution in [0.3, 0.4) is 0 Å². The van der Waals surface area contributed by atoms with Crippen LogP contribution in [-0.4, -0.2) is 11.9 Å². The van der Waals surface area contributed by atoms with Crippen LogP contribution in [0, 0.1) is 5.41 Å². The van der Waals surface area contributed by atoms with E-state index >= 15 is 0 Å². The highest BCUT2D eigenvalue weighted by molar-refractivity contribution is 9.11. The van der Waals surface area contributed by atoms with Crippen LogP contribution in [0.1, 0.15) is 49.9 Å². The molecule has 1 aliphatic carbocycles. The number of benzene rings is 1. The molecule has 1 aliphatic rings. The SMILES string of the molecule is CC1(C)CCCCC1NC(=O)c1ccc(Br)cc1Br. The fourth-order valence-corrected chi connectivity index (χ4v) is 3.90. The third kappa shape index (κ3) is 3.60. The van der Waals surface area contributed by atoms with E-state index in [0.29, 0.717) is 5.56 Å². The number of nitrogens with one attached hydrogen (secondary N) is 1. The molecule has 1 fully saturated rings. The quantitative estimate of drug-likeness (QED) is 0.766. The Kier molecular flexibility index (Phi) is 4.72. The first-order chi connectivity index (χ1) is 8.90. The van der Waals surface area contributed by atoms with Gasteiger partial charge in [-0.05, 0) is 52.4 Å². The van der Waals surface area contributed by atoms with Crippen molar-refractivity contribution in [2.75, 3.05) is 0 Å². The van der Waals surface area contributed by atoms with Gasteiger partial charge in [0.05, 0.1) is 5.56 Å². The smallest absolute Gasteiger partial charge is 0.252 e. The van der Waals surface area contributed by atoms with E-state index in [0.717, 1.165) is 15.4 Å². The Bertz CT molecular complexity index is 485. The lowest BCUT2D eigenvalue weighted by Crippen LogP contribution is -2.46. The van der Waals surface area contributed by atoms with Gasteiger partial charge in [-0.2, -0.15) is 0 Å². The molecule has 1 unspecified atom stereocenters. The van der Waals surface area contributed by atoms with Crippen molar-refractivity contribution in [3.63, 3.8) is 0 Å². The predicted octanol–water partition coefficient (Wildman–Crippen LogP) is 4.91. The Hall–Kier alpha value is -0.350. The largest absolute Gasteiger partial charge is 0.349 e. The van der Waals surface area contributed by atoms with E-state index < -0.39 is 0 Å². The van der Waals surface area contributed by atoms with Crippen molar-refractivity contribution in [2.24, 2.45) is 5.41 Å². The number of carbonyl (C=O) groups is 1. The molecule has 1 atom stereocenters. The molecule has 104 valence electrons. The van der Waals surface area contributed by atoms with Crippen molar-refractivity contribution in [1.29, 1.82) is 0 Å². The second kappa shape index (κ2) is 5.96. The molecule has 1 amide bonds. The Morgan fingerprint density at radius 3 is 2.68 bits per heavy atom. The van der Waals surface area contributed by atoms with Crippen molar-refractivity contribution < 1.29 is 4.79 Å². The minimum Gasteiger partial charge on any atom is -0.349 e. The zero-order valence-electron chi connectivity index (χ0n) is 11.3. The highest BCUT2D eigenvalue weighted by atomic mass is 79.9. The lowest BCUT2D eigenvalue weighted by molar-refractivity contribution is 0.0853. The van der Waals surface area contributed by atoms with E-state index in [1.54, 1.807) is 0 Å². The van der Waals surface area contributed by atoms with Gasteiger partial charge in [0.1, 0.15) is 0 Å². The Morgan fingerprint density at radius 1 is 1.32 bits per heavy atom. The van der Waals surface area contributed by atoms with Crippen LogP contribution < -0.4 is 5.32 Å². The van der Waals surface area contributed by atoms with E-state index in [1.807, 2.05) is 18.2 Å². The molecule has 4 heteroatoms. The van der Waals surface area contributed by atoms with Crippen LogP contribution in [0.25, 0.3) is 0 Å². The minimum absolute atomic E-state index is 0.0133. The monoisotopic (exact) mass is 387 g/mol. The fourth-order valence-electron chi connectivity index (χ4n) is 2.67. The molecule has 0 spiro atoms. The van der Waals surface area contributed by atoms with Gasteiger partial charge in [-0.25, -0.2) is 0 Å². The van der Waals surface area contributed by atoms with Crippen LogP contribution in [0.15, 0.2) is 27.1 Å². The molecule has 1 saturated carbocycles. The van der Waals surface area contributed by atoms with E-state index in [9.17, 15) is 4.79 Å². The van der Waals surface area contributed by atoms with Crippen molar-refractivity contribution >= 4 is 37.8 Å². The summed E-state index contributed by atoms with van der Waals surface area (Å²) in [5.41, 5.74) is 0.889. The van der Waals surface area contributed by atoms with Crippen LogP contribution in [0.4, 0.5) is 0 Å². The van der Waals surface area contributed by atoms with Crippen LogP contribution in [-0.2, 0) is 0 Å². The van der Waals surface area contributed by atoms with Gasteiger partial charge in [-0.3, -0.25) is 4.79 Å². The Labute approximate surface area is 131 Å². The standard InChI is InChI=1S/C15H19Br2NO/c1-15(2)8-4-3-5-13(15)18-14(19)11-7-6-10(16)9-12(11)17/h6-7,9,13H,3-5,8H2,1-2H3,(H,18,19). The maximum absolute atomic E-state index is 12.4. The summed E-state index contributed by atoms with van der Waals surface area (Å²) in [4.78, 5) is 12.4. The van der Waals surface area contributed by atoms with Gasteiger partial charge in [-0.15, -0.1) is 0 Å². The zero-order chi connectivity index (χ0) is 14.0. The Balaban J connectivity index is 2.12. The van der Waals surface area contributed by atoms with E-state index in [2.05, 4.69) is 51.0 Å². The van der Waals surface area contributed by atoms with Gasteiger partial charge >= 0.3 is 0 Å². The van der Waals surface area contributed by atoms with Gasteiger partial charge in [0.2, 0.25) is 0 Å². The number of hydrogen-bond acceptors (Lipinski definition) is 1. The van der Waals surface area contributed by atoms with Gasteiger partial charge in [0.15, 0.2) is 0 Å². The molecule has 0 radical (unpaired) electrons. The number of amides is 1. The topological polar surface area (TPSA) is 29.1 Å². The van der Waals surface area contributed by atoms with Crippen LogP contribution in [0.2, 0.25) is 0 Å². The average molecular weight is 389 g/mol. The first-order valence-corrected chi connectivity index (χ1v) is 8.25. The Morgan fingerprint density at radius 2 is 2.05 bits per heavy atom. The van der Waals surface area contributed by atoms with E-state index in [4.69, 9.17) is 0 Å². The molecule has 0 saturated heterocycles. The molecular weight excluding hydrogens is 370 g/mol. The molecule has 0 bridgehead atoms. The minimum atomic E-state index is 0.0133. The summed E-state index contributed by atoms with van der Waals surface area (Å²) in [5, 5.41) is 3.20. The number of halogens is 2. The molecule has 2 nitrogen and oxygen atoms in total. The predicted molar refractivity (Wildman–Crippen MR) is 85.3 cm³/mol. The fraction of sp³-hybridized carbons (Fsp3) is 0.533. The van der Waals surface area contributed by atoms with E-state index in [1.165, 1.54) is 19.3 Å². The highest BCUT2D eigenvalue weighted by Gasteiger charge is 2.33. The maximum Gasteiger partial charge on any atom is 0.252 e. The maximum atomic E-state index is 12.4. The molecule has 0 aromatic heterocycles. The molecule has 1 N–H and O–H groups in total. The first-order valence-electron chi connectivity index (χ1n) is 6.66. The number of carbonyl (C=O) groups excluding carboxylic acids is 1. The highest BCUT2D eigenvalue weighted by Crippen LogP contribution is 2.35. The number of hydrogen-bond donors (Lipinski definition) is 1. The summed E-state index contributed by atoms with van der Waals surface area (Å²) in [6.45, 7) is 4.49. The molecule has 19 heavy (non-hydrogen) atoms. The lowest BCUT2D eigenvalue weighted by atomic mass is 9.73. The van der Waals surface area contributed by atoms with Crippen molar-refractivity contribution in [2.45, 2.75) is 45.6 Å². The van der Waals surface area contributed by atoms with Crippen molar-refractivity contribution in [1.82, 2.24) is 5.32 Å². The average Bonchev–Trinajstić information content (AvgIpc) is 2.31. The van der Waals surface area contributed by atoms with Gasteiger partial charge in [0.25, 0.3) is 5.91 Å². The zero-order valence-corrected chi connectivity index (χ0v) is 14.5. The molecule has 2 rings (SSSR count). The summed E-state index contributed by atoms with van der Waals surface area (Å²) in [7, 11) is 0. The first kappa shape index (κ1) is 15.0. The normalized spacial score (nSPS) is 22.0. The van der Waals surface area contributed by atoms with Crippen molar-refractivity contribution in [3.05, 3.63) is 32.7 Å². The lowest BCUT2D eigenvalue weighted by Gasteiger charge is -2.39. The second-order valence-corrected chi connectivity index (χ2v) is 7.65.